The van der Waals surface area contributed by atoms with Gasteiger partial charge in [-0.1, -0.05) is 24.3 Å². The van der Waals surface area contributed by atoms with Crippen LogP contribution in [-0.2, 0) is 18.1 Å². The van der Waals surface area contributed by atoms with Gasteiger partial charge in [-0.25, -0.2) is 4.98 Å². The van der Waals surface area contributed by atoms with Gasteiger partial charge in [-0.2, -0.15) is 11.8 Å². The number of thioether (sulfide) groups is 1. The molecule has 0 unspecified atom stereocenters. The van der Waals surface area contributed by atoms with E-state index in [4.69, 9.17) is 9.52 Å². The Morgan fingerprint density at radius 2 is 1.90 bits per heavy atom. The maximum Gasteiger partial charge on any atom is 0.162 e. The zero-order valence-corrected chi connectivity index (χ0v) is 13.0. The van der Waals surface area contributed by atoms with Crippen molar-refractivity contribution >= 4 is 23.1 Å². The fourth-order valence-electron chi connectivity index (χ4n) is 1.90. The first kappa shape index (κ1) is 14.4. The quantitative estimate of drug-likeness (QED) is 0.735. The van der Waals surface area contributed by atoms with Crippen LogP contribution in [0.1, 0.15) is 16.8 Å². The van der Waals surface area contributed by atoms with E-state index in [2.05, 4.69) is 22.5 Å². The molecule has 2 aromatic heterocycles. The molecule has 108 valence electrons. The second-order valence-corrected chi connectivity index (χ2v) is 6.43. The van der Waals surface area contributed by atoms with Crippen LogP contribution in [0.4, 0.5) is 0 Å². The van der Waals surface area contributed by atoms with Crippen LogP contribution in [0, 0.1) is 0 Å². The van der Waals surface area contributed by atoms with Crippen molar-refractivity contribution in [3.63, 3.8) is 0 Å². The lowest BCUT2D eigenvalue weighted by atomic mass is 10.2. The van der Waals surface area contributed by atoms with Crippen LogP contribution in [-0.4, -0.2) is 10.1 Å². The molecule has 0 amide bonds. The molecule has 1 aromatic carbocycles. The molecule has 3 nitrogen and oxygen atoms in total. The van der Waals surface area contributed by atoms with Crippen molar-refractivity contribution < 1.29 is 9.52 Å². The summed E-state index contributed by atoms with van der Waals surface area (Å²) in [6, 6.07) is 11.9. The SMILES string of the molecule is OCc1ccc(CSCc2csc(-c3ccco3)n2)cc1. The number of aliphatic hydroxyl groups is 1. The van der Waals surface area contributed by atoms with Crippen molar-refractivity contribution in [3.05, 3.63) is 64.9 Å². The highest BCUT2D eigenvalue weighted by molar-refractivity contribution is 7.97. The summed E-state index contributed by atoms with van der Waals surface area (Å²) in [6.07, 6.45) is 1.67. The summed E-state index contributed by atoms with van der Waals surface area (Å²) in [6.45, 7) is 0.0990. The highest BCUT2D eigenvalue weighted by Crippen LogP contribution is 2.26. The van der Waals surface area contributed by atoms with E-state index in [1.165, 1.54) is 5.56 Å². The highest BCUT2D eigenvalue weighted by Gasteiger charge is 2.07. The van der Waals surface area contributed by atoms with Crippen LogP contribution >= 0.6 is 23.1 Å². The average molecular weight is 317 g/mol. The second-order valence-electron chi connectivity index (χ2n) is 4.59. The molecule has 0 aliphatic carbocycles. The Labute approximate surface area is 131 Å². The summed E-state index contributed by atoms with van der Waals surface area (Å²) in [4.78, 5) is 4.58. The lowest BCUT2D eigenvalue weighted by molar-refractivity contribution is 0.282. The molecule has 0 radical (unpaired) electrons. The molecule has 0 atom stereocenters. The van der Waals surface area contributed by atoms with Crippen LogP contribution in [0.25, 0.3) is 10.8 Å². The van der Waals surface area contributed by atoms with Gasteiger partial charge >= 0.3 is 0 Å². The summed E-state index contributed by atoms with van der Waals surface area (Å²) in [5, 5.41) is 12.0. The normalized spacial score (nSPS) is 10.9. The van der Waals surface area contributed by atoms with Crippen LogP contribution in [0.15, 0.2) is 52.5 Å². The number of aliphatic hydroxyl groups excluding tert-OH is 1. The third kappa shape index (κ3) is 3.75. The molecule has 3 rings (SSSR count). The Kier molecular flexibility index (Phi) is 4.75. The van der Waals surface area contributed by atoms with Gasteiger partial charge in [-0.15, -0.1) is 11.3 Å². The van der Waals surface area contributed by atoms with Gasteiger partial charge in [0, 0.05) is 16.9 Å². The number of benzene rings is 1. The summed E-state index contributed by atoms with van der Waals surface area (Å²) in [7, 11) is 0. The van der Waals surface area contributed by atoms with Gasteiger partial charge in [0.25, 0.3) is 0 Å². The molecular weight excluding hydrogens is 302 g/mol. The van der Waals surface area contributed by atoms with Crippen molar-refractivity contribution in [2.24, 2.45) is 0 Å². The standard InChI is InChI=1S/C16H15NO2S2/c18-8-12-3-5-13(6-4-12)9-20-10-14-11-21-16(17-14)15-2-1-7-19-15/h1-7,11,18H,8-10H2. The number of aromatic nitrogens is 1. The van der Waals surface area contributed by atoms with Gasteiger partial charge in [0.15, 0.2) is 10.8 Å². The Balaban J connectivity index is 1.53. The van der Waals surface area contributed by atoms with Crippen LogP contribution < -0.4 is 0 Å². The van der Waals surface area contributed by atoms with Gasteiger partial charge in [-0.3, -0.25) is 0 Å². The fourth-order valence-corrected chi connectivity index (χ4v) is 3.68. The maximum absolute atomic E-state index is 9.01. The van der Waals surface area contributed by atoms with Gasteiger partial charge < -0.3 is 9.52 Å². The van der Waals surface area contributed by atoms with Crippen molar-refractivity contribution in [1.29, 1.82) is 0 Å². The summed E-state index contributed by atoms with van der Waals surface area (Å²) in [5.41, 5.74) is 3.30. The molecule has 0 saturated carbocycles. The predicted molar refractivity (Wildman–Crippen MR) is 87.2 cm³/mol. The fraction of sp³-hybridized carbons (Fsp3) is 0.188. The number of rotatable bonds is 6. The Bertz CT molecular complexity index is 675. The van der Waals surface area contributed by atoms with E-state index in [1.54, 1.807) is 17.6 Å². The lowest BCUT2D eigenvalue weighted by Crippen LogP contribution is -1.86. The topological polar surface area (TPSA) is 46.3 Å². The monoisotopic (exact) mass is 317 g/mol. The predicted octanol–water partition coefficient (Wildman–Crippen LogP) is 4.33. The van der Waals surface area contributed by atoms with E-state index < -0.39 is 0 Å². The smallest absolute Gasteiger partial charge is 0.162 e. The summed E-state index contributed by atoms with van der Waals surface area (Å²) in [5.74, 6) is 2.66. The molecule has 0 bridgehead atoms. The first-order valence-electron chi connectivity index (χ1n) is 6.60. The Morgan fingerprint density at radius 1 is 1.10 bits per heavy atom. The van der Waals surface area contributed by atoms with Gasteiger partial charge in [0.2, 0.25) is 0 Å². The number of nitrogens with zero attached hydrogens (tertiary/aromatic N) is 1. The van der Waals surface area contributed by atoms with Crippen LogP contribution in [0.3, 0.4) is 0 Å². The molecule has 5 heteroatoms. The summed E-state index contributed by atoms with van der Waals surface area (Å²) < 4.78 is 5.35. The molecular formula is C16H15NO2S2. The molecule has 0 spiro atoms. The van der Waals surface area contributed by atoms with Crippen molar-refractivity contribution in [2.45, 2.75) is 18.1 Å². The summed E-state index contributed by atoms with van der Waals surface area (Å²) >= 11 is 3.45. The van der Waals surface area contributed by atoms with E-state index >= 15 is 0 Å². The van der Waals surface area contributed by atoms with Crippen LogP contribution in [0.5, 0.6) is 0 Å². The average Bonchev–Trinajstić information content (AvgIpc) is 3.19. The molecule has 0 aliphatic rings. The van der Waals surface area contributed by atoms with Crippen molar-refractivity contribution in [1.82, 2.24) is 4.98 Å². The van der Waals surface area contributed by atoms with Gasteiger partial charge in [0.1, 0.15) is 0 Å². The first-order valence-corrected chi connectivity index (χ1v) is 8.63. The van der Waals surface area contributed by atoms with Gasteiger partial charge in [-0.05, 0) is 23.3 Å². The van der Waals surface area contributed by atoms with E-state index in [1.807, 2.05) is 36.0 Å². The zero-order chi connectivity index (χ0) is 14.5. The molecule has 2 heterocycles. The molecule has 0 aliphatic heterocycles. The van der Waals surface area contributed by atoms with E-state index in [9.17, 15) is 0 Å². The Morgan fingerprint density at radius 3 is 2.62 bits per heavy atom. The Hall–Kier alpha value is -1.56. The largest absolute Gasteiger partial charge is 0.462 e. The number of hydrogen-bond donors (Lipinski definition) is 1. The molecule has 1 N–H and O–H groups in total. The molecule has 0 saturated heterocycles. The van der Waals surface area contributed by atoms with Crippen molar-refractivity contribution in [3.8, 4) is 10.8 Å². The minimum absolute atomic E-state index is 0.0990. The third-order valence-corrected chi connectivity index (χ3v) is 4.95. The van der Waals surface area contributed by atoms with E-state index in [0.29, 0.717) is 0 Å². The number of hydrogen-bond acceptors (Lipinski definition) is 5. The van der Waals surface area contributed by atoms with Crippen molar-refractivity contribution in [2.75, 3.05) is 0 Å². The number of thiazole rings is 1. The molecule has 21 heavy (non-hydrogen) atoms. The molecule has 3 aromatic rings. The van der Waals surface area contributed by atoms with Gasteiger partial charge in [0.05, 0.1) is 18.6 Å². The minimum atomic E-state index is 0.0990. The van der Waals surface area contributed by atoms with E-state index in [-0.39, 0.29) is 6.61 Å². The first-order chi connectivity index (χ1) is 10.3. The minimum Gasteiger partial charge on any atom is -0.462 e. The number of furan rings is 1. The second kappa shape index (κ2) is 6.93. The maximum atomic E-state index is 9.01. The highest BCUT2D eigenvalue weighted by atomic mass is 32.2. The molecule has 0 fully saturated rings. The third-order valence-electron chi connectivity index (χ3n) is 3.01. The van der Waals surface area contributed by atoms with E-state index in [0.717, 1.165) is 33.5 Å². The zero-order valence-electron chi connectivity index (χ0n) is 11.4. The van der Waals surface area contributed by atoms with Crippen LogP contribution in [0.2, 0.25) is 0 Å². The lowest BCUT2D eigenvalue weighted by Gasteiger charge is -2.02.